The van der Waals surface area contributed by atoms with Crippen molar-refractivity contribution >= 4 is 11.9 Å². The predicted molar refractivity (Wildman–Crippen MR) is 58.4 cm³/mol. The number of amides is 3. The molecule has 15 heavy (non-hydrogen) atoms. The second-order valence-electron chi connectivity index (χ2n) is 4.05. The van der Waals surface area contributed by atoms with Crippen molar-refractivity contribution in [1.82, 2.24) is 10.2 Å². The summed E-state index contributed by atoms with van der Waals surface area (Å²) in [5.74, 6) is -0.115. The lowest BCUT2D eigenvalue weighted by Crippen LogP contribution is -2.43. The molecule has 1 atom stereocenters. The van der Waals surface area contributed by atoms with Crippen LogP contribution in [0.5, 0.6) is 0 Å². The van der Waals surface area contributed by atoms with Gasteiger partial charge in [0.25, 0.3) is 5.91 Å². The molecule has 0 aliphatic carbocycles. The largest absolute Gasteiger partial charge is 0.325 e. The minimum Gasteiger partial charge on any atom is -0.323 e. The highest BCUT2D eigenvalue weighted by Crippen LogP contribution is 2.22. The Morgan fingerprint density at radius 2 is 2.20 bits per heavy atom. The molecule has 1 aliphatic rings. The van der Waals surface area contributed by atoms with Crippen molar-refractivity contribution in [3.8, 4) is 0 Å². The molecule has 1 N–H and O–H groups in total. The lowest BCUT2D eigenvalue weighted by Gasteiger charge is -2.20. The first-order chi connectivity index (χ1) is 7.05. The number of hydrogen-bond donors (Lipinski definition) is 1. The Morgan fingerprint density at radius 3 is 2.73 bits per heavy atom. The molecule has 1 saturated heterocycles. The van der Waals surface area contributed by atoms with E-state index in [1.807, 2.05) is 6.92 Å². The summed E-state index contributed by atoms with van der Waals surface area (Å²) in [6, 6.07) is -0.280. The van der Waals surface area contributed by atoms with Gasteiger partial charge < -0.3 is 5.32 Å². The number of rotatable bonds is 5. The van der Waals surface area contributed by atoms with E-state index in [0.29, 0.717) is 19.4 Å². The maximum Gasteiger partial charge on any atom is 0.325 e. The van der Waals surface area contributed by atoms with E-state index in [1.54, 1.807) is 13.0 Å². The molecule has 0 aromatic heterocycles. The van der Waals surface area contributed by atoms with Crippen LogP contribution in [0.25, 0.3) is 0 Å². The summed E-state index contributed by atoms with van der Waals surface area (Å²) in [5.41, 5.74) is -0.701. The summed E-state index contributed by atoms with van der Waals surface area (Å²) in [7, 11) is 0. The number of imide groups is 1. The van der Waals surface area contributed by atoms with Crippen molar-refractivity contribution in [3.63, 3.8) is 0 Å². The normalized spacial score (nSPS) is 25.6. The van der Waals surface area contributed by atoms with Gasteiger partial charge in [0.05, 0.1) is 0 Å². The third kappa shape index (κ3) is 2.19. The van der Waals surface area contributed by atoms with E-state index in [2.05, 4.69) is 11.9 Å². The van der Waals surface area contributed by atoms with E-state index in [1.165, 1.54) is 4.90 Å². The van der Waals surface area contributed by atoms with Crippen LogP contribution < -0.4 is 5.32 Å². The average Bonchev–Trinajstić information content (AvgIpc) is 2.37. The molecule has 1 unspecified atom stereocenters. The highest BCUT2D eigenvalue weighted by Gasteiger charge is 2.46. The van der Waals surface area contributed by atoms with Crippen LogP contribution in [0.3, 0.4) is 0 Å². The van der Waals surface area contributed by atoms with Crippen LogP contribution in [0.4, 0.5) is 4.79 Å². The fourth-order valence-corrected chi connectivity index (χ4v) is 1.84. The van der Waals surface area contributed by atoms with Gasteiger partial charge in [-0.05, 0) is 19.8 Å². The number of urea groups is 1. The Bertz CT molecular complexity index is 288. The van der Waals surface area contributed by atoms with Gasteiger partial charge in [-0.2, -0.15) is 0 Å². The van der Waals surface area contributed by atoms with E-state index < -0.39 is 5.54 Å². The van der Waals surface area contributed by atoms with Crippen LogP contribution in [0.15, 0.2) is 12.7 Å². The van der Waals surface area contributed by atoms with E-state index >= 15 is 0 Å². The zero-order valence-electron chi connectivity index (χ0n) is 9.38. The molecule has 4 nitrogen and oxygen atoms in total. The fraction of sp³-hybridized carbons (Fsp3) is 0.636. The van der Waals surface area contributed by atoms with Gasteiger partial charge in [0.1, 0.15) is 5.54 Å². The summed E-state index contributed by atoms with van der Waals surface area (Å²) in [6.07, 6.45) is 3.90. The molecule has 1 rings (SSSR count). The van der Waals surface area contributed by atoms with Crippen molar-refractivity contribution in [2.45, 2.75) is 38.6 Å². The maximum absolute atomic E-state index is 11.9. The van der Waals surface area contributed by atoms with Gasteiger partial charge >= 0.3 is 6.03 Å². The number of nitrogens with zero attached hydrogens (tertiary/aromatic N) is 1. The number of carbonyl (C=O) groups is 2. The molecule has 84 valence electrons. The Hall–Kier alpha value is -1.32. The van der Waals surface area contributed by atoms with Gasteiger partial charge in [0, 0.05) is 6.54 Å². The SMILES string of the molecule is C=CCCN1C(=O)NC(C)(CCC)C1=O. The summed E-state index contributed by atoms with van der Waals surface area (Å²) < 4.78 is 0. The van der Waals surface area contributed by atoms with Crippen molar-refractivity contribution in [1.29, 1.82) is 0 Å². The molecular weight excluding hydrogens is 192 g/mol. The highest BCUT2D eigenvalue weighted by atomic mass is 16.2. The van der Waals surface area contributed by atoms with Gasteiger partial charge in [0.2, 0.25) is 0 Å². The number of carbonyl (C=O) groups excluding carboxylic acids is 2. The van der Waals surface area contributed by atoms with Crippen molar-refractivity contribution in [2.75, 3.05) is 6.54 Å². The van der Waals surface area contributed by atoms with E-state index in [4.69, 9.17) is 0 Å². The topological polar surface area (TPSA) is 49.4 Å². The van der Waals surface area contributed by atoms with E-state index in [0.717, 1.165) is 6.42 Å². The Kier molecular flexibility index (Phi) is 3.50. The zero-order valence-corrected chi connectivity index (χ0v) is 9.38. The third-order valence-corrected chi connectivity index (χ3v) is 2.65. The second kappa shape index (κ2) is 4.47. The summed E-state index contributed by atoms with van der Waals surface area (Å²) in [4.78, 5) is 24.8. The first kappa shape index (κ1) is 11.8. The lowest BCUT2D eigenvalue weighted by molar-refractivity contribution is -0.130. The van der Waals surface area contributed by atoms with Gasteiger partial charge in [-0.25, -0.2) is 4.79 Å². The van der Waals surface area contributed by atoms with Crippen LogP contribution in [0, 0.1) is 0 Å². The Morgan fingerprint density at radius 1 is 1.53 bits per heavy atom. The summed E-state index contributed by atoms with van der Waals surface area (Å²) in [6.45, 7) is 7.78. The molecule has 0 aromatic rings. The van der Waals surface area contributed by atoms with E-state index in [-0.39, 0.29) is 11.9 Å². The van der Waals surface area contributed by atoms with Crippen LogP contribution in [-0.2, 0) is 4.79 Å². The molecule has 1 heterocycles. The van der Waals surface area contributed by atoms with Crippen molar-refractivity contribution in [2.24, 2.45) is 0 Å². The number of nitrogens with one attached hydrogen (secondary N) is 1. The molecule has 1 fully saturated rings. The second-order valence-corrected chi connectivity index (χ2v) is 4.05. The first-order valence-corrected chi connectivity index (χ1v) is 5.30. The van der Waals surface area contributed by atoms with Gasteiger partial charge in [0.15, 0.2) is 0 Å². The first-order valence-electron chi connectivity index (χ1n) is 5.30. The minimum absolute atomic E-state index is 0.115. The highest BCUT2D eigenvalue weighted by molar-refractivity contribution is 6.06. The molecule has 0 aromatic carbocycles. The Balaban J connectivity index is 2.73. The van der Waals surface area contributed by atoms with E-state index in [9.17, 15) is 9.59 Å². The fourth-order valence-electron chi connectivity index (χ4n) is 1.84. The maximum atomic E-state index is 11.9. The summed E-state index contributed by atoms with van der Waals surface area (Å²) >= 11 is 0. The quantitative estimate of drug-likeness (QED) is 0.554. The summed E-state index contributed by atoms with van der Waals surface area (Å²) in [5, 5.41) is 2.74. The van der Waals surface area contributed by atoms with Gasteiger partial charge in [-0.1, -0.05) is 19.4 Å². The van der Waals surface area contributed by atoms with Gasteiger partial charge in [-0.15, -0.1) is 6.58 Å². The molecule has 0 saturated carbocycles. The van der Waals surface area contributed by atoms with Crippen molar-refractivity contribution < 1.29 is 9.59 Å². The zero-order chi connectivity index (χ0) is 11.5. The molecule has 0 radical (unpaired) electrons. The lowest BCUT2D eigenvalue weighted by atomic mass is 9.96. The van der Waals surface area contributed by atoms with Crippen LogP contribution in [0.1, 0.15) is 33.1 Å². The smallest absolute Gasteiger partial charge is 0.323 e. The minimum atomic E-state index is -0.701. The third-order valence-electron chi connectivity index (χ3n) is 2.65. The predicted octanol–water partition coefficient (Wildman–Crippen LogP) is 1.67. The average molecular weight is 210 g/mol. The molecule has 3 amide bonds. The standard InChI is InChI=1S/C11H18N2O2/c1-4-6-8-13-9(14)11(3,7-5-2)12-10(13)15/h4H,1,5-8H2,2-3H3,(H,12,15). The van der Waals surface area contributed by atoms with Crippen LogP contribution in [0.2, 0.25) is 0 Å². The number of hydrogen-bond acceptors (Lipinski definition) is 2. The molecular formula is C11H18N2O2. The molecule has 4 heteroatoms. The molecule has 0 spiro atoms. The van der Waals surface area contributed by atoms with Gasteiger partial charge in [-0.3, -0.25) is 9.69 Å². The molecule has 0 bridgehead atoms. The van der Waals surface area contributed by atoms with Crippen molar-refractivity contribution in [3.05, 3.63) is 12.7 Å². The Labute approximate surface area is 90.3 Å². The van der Waals surface area contributed by atoms with Crippen LogP contribution >= 0.6 is 0 Å². The van der Waals surface area contributed by atoms with Crippen LogP contribution in [-0.4, -0.2) is 28.9 Å². The monoisotopic (exact) mass is 210 g/mol. The molecule has 1 aliphatic heterocycles.